The van der Waals surface area contributed by atoms with Crippen molar-refractivity contribution in [2.45, 2.75) is 19.5 Å². The number of likely N-dealkylation sites (tertiary alicyclic amines) is 1. The maximum absolute atomic E-state index is 12.1. The van der Waals surface area contributed by atoms with Crippen LogP contribution in [0.4, 0.5) is 4.79 Å². The monoisotopic (exact) mass is 291 g/mol. The van der Waals surface area contributed by atoms with E-state index >= 15 is 0 Å². The van der Waals surface area contributed by atoms with Crippen LogP contribution in [0.1, 0.15) is 17.5 Å². The normalized spacial score (nSPS) is 18.3. The second-order valence-electron chi connectivity index (χ2n) is 5.95. The Hall–Kier alpha value is -1.59. The molecule has 0 aliphatic carbocycles. The molecule has 1 aliphatic rings. The lowest BCUT2D eigenvalue weighted by atomic mass is 10.1. The van der Waals surface area contributed by atoms with E-state index in [9.17, 15) is 4.79 Å². The van der Waals surface area contributed by atoms with Crippen molar-refractivity contribution in [3.63, 3.8) is 0 Å². The van der Waals surface area contributed by atoms with Gasteiger partial charge in [-0.2, -0.15) is 0 Å². The van der Waals surface area contributed by atoms with Crippen LogP contribution < -0.4 is 5.32 Å². The highest BCUT2D eigenvalue weighted by Crippen LogP contribution is 2.16. The van der Waals surface area contributed by atoms with E-state index in [0.717, 1.165) is 25.1 Å². The molecule has 0 unspecified atom stereocenters. The molecule has 0 saturated carbocycles. The molecular weight excluding hydrogens is 266 g/mol. The number of benzene rings is 1. The lowest BCUT2D eigenvalue weighted by molar-refractivity contribution is 0.198. The first-order valence-corrected chi connectivity index (χ1v) is 7.45. The number of rotatable bonds is 5. The van der Waals surface area contributed by atoms with Crippen molar-refractivity contribution in [3.8, 4) is 0 Å². The van der Waals surface area contributed by atoms with Gasteiger partial charge in [-0.15, -0.1) is 0 Å². The lowest BCUT2D eigenvalue weighted by Crippen LogP contribution is -2.38. The highest BCUT2D eigenvalue weighted by atomic mass is 16.3. The second kappa shape index (κ2) is 7.43. The van der Waals surface area contributed by atoms with Gasteiger partial charge in [0, 0.05) is 38.7 Å². The Morgan fingerprint density at radius 1 is 1.38 bits per heavy atom. The second-order valence-corrected chi connectivity index (χ2v) is 5.95. The number of urea groups is 1. The van der Waals surface area contributed by atoms with Crippen molar-refractivity contribution in [1.29, 1.82) is 0 Å². The molecule has 1 aromatic carbocycles. The zero-order valence-electron chi connectivity index (χ0n) is 12.9. The molecule has 0 radical (unpaired) electrons. The van der Waals surface area contributed by atoms with Crippen LogP contribution >= 0.6 is 0 Å². The molecule has 116 valence electrons. The molecule has 5 heteroatoms. The number of aliphatic hydroxyl groups is 1. The summed E-state index contributed by atoms with van der Waals surface area (Å²) in [5.41, 5.74) is 2.38. The molecule has 0 spiro atoms. The average Bonchev–Trinajstić information content (AvgIpc) is 2.94. The van der Waals surface area contributed by atoms with E-state index in [1.54, 1.807) is 4.90 Å². The molecule has 1 atom stereocenters. The maximum atomic E-state index is 12.1. The van der Waals surface area contributed by atoms with Crippen LogP contribution in [0.2, 0.25) is 0 Å². The predicted molar refractivity (Wildman–Crippen MR) is 82.8 cm³/mol. The molecule has 0 aromatic heterocycles. The maximum Gasteiger partial charge on any atom is 0.317 e. The fourth-order valence-corrected chi connectivity index (χ4v) is 2.67. The highest BCUT2D eigenvalue weighted by Gasteiger charge is 2.25. The van der Waals surface area contributed by atoms with E-state index in [0.29, 0.717) is 13.1 Å². The van der Waals surface area contributed by atoms with E-state index < -0.39 is 0 Å². The van der Waals surface area contributed by atoms with Crippen molar-refractivity contribution < 1.29 is 9.90 Å². The van der Waals surface area contributed by atoms with Crippen molar-refractivity contribution in [1.82, 2.24) is 15.1 Å². The Morgan fingerprint density at radius 3 is 2.71 bits per heavy atom. The van der Waals surface area contributed by atoms with Crippen LogP contribution in [-0.4, -0.2) is 54.7 Å². The van der Waals surface area contributed by atoms with Crippen LogP contribution in [-0.2, 0) is 13.1 Å². The van der Waals surface area contributed by atoms with E-state index in [1.165, 1.54) is 5.56 Å². The number of hydrogen-bond donors (Lipinski definition) is 2. The Bertz CT molecular complexity index is 476. The van der Waals surface area contributed by atoms with E-state index in [4.69, 9.17) is 5.11 Å². The predicted octanol–water partition coefficient (Wildman–Crippen LogP) is 1.27. The fourth-order valence-electron chi connectivity index (χ4n) is 2.67. The Morgan fingerprint density at radius 2 is 2.10 bits per heavy atom. The van der Waals surface area contributed by atoms with Gasteiger partial charge in [0.1, 0.15) is 0 Å². The molecule has 0 bridgehead atoms. The van der Waals surface area contributed by atoms with Crippen molar-refractivity contribution in [2.24, 2.45) is 5.92 Å². The van der Waals surface area contributed by atoms with Gasteiger partial charge in [0.2, 0.25) is 0 Å². The van der Waals surface area contributed by atoms with Crippen LogP contribution in [0.5, 0.6) is 0 Å². The van der Waals surface area contributed by atoms with E-state index in [1.807, 2.05) is 26.2 Å². The summed E-state index contributed by atoms with van der Waals surface area (Å²) in [5, 5.41) is 12.1. The van der Waals surface area contributed by atoms with Crippen LogP contribution in [0.25, 0.3) is 0 Å². The number of nitrogens with one attached hydrogen (secondary N) is 1. The summed E-state index contributed by atoms with van der Waals surface area (Å²) in [7, 11) is 4.07. The molecule has 2 amide bonds. The van der Waals surface area contributed by atoms with Gasteiger partial charge >= 0.3 is 6.03 Å². The number of aliphatic hydroxyl groups excluding tert-OH is 1. The van der Waals surface area contributed by atoms with E-state index in [2.05, 4.69) is 22.3 Å². The minimum absolute atomic E-state index is 0.0365. The van der Waals surface area contributed by atoms with Crippen molar-refractivity contribution >= 4 is 6.03 Å². The lowest BCUT2D eigenvalue weighted by Gasteiger charge is -2.19. The Labute approximate surface area is 126 Å². The third-order valence-electron chi connectivity index (χ3n) is 3.87. The van der Waals surface area contributed by atoms with Crippen molar-refractivity contribution in [3.05, 3.63) is 35.4 Å². The van der Waals surface area contributed by atoms with Gasteiger partial charge in [0.25, 0.3) is 0 Å². The number of hydrogen-bond acceptors (Lipinski definition) is 3. The molecule has 1 saturated heterocycles. The average molecular weight is 291 g/mol. The zero-order chi connectivity index (χ0) is 15.2. The molecule has 1 heterocycles. The summed E-state index contributed by atoms with van der Waals surface area (Å²) >= 11 is 0. The molecule has 1 fully saturated rings. The SMILES string of the molecule is CN(C)Cc1ccccc1CNC(=O)N1CC[C@H](CO)C1. The summed E-state index contributed by atoms with van der Waals surface area (Å²) in [6.45, 7) is 2.96. The van der Waals surface area contributed by atoms with Gasteiger partial charge in [-0.3, -0.25) is 0 Å². The molecule has 1 aromatic rings. The smallest absolute Gasteiger partial charge is 0.317 e. The third kappa shape index (κ3) is 4.44. The fraction of sp³-hybridized carbons (Fsp3) is 0.562. The first-order valence-electron chi connectivity index (χ1n) is 7.45. The summed E-state index contributed by atoms with van der Waals surface area (Å²) in [6, 6.07) is 8.14. The van der Waals surface area contributed by atoms with Crippen LogP contribution in [0.3, 0.4) is 0 Å². The largest absolute Gasteiger partial charge is 0.396 e. The van der Waals surface area contributed by atoms with Crippen molar-refractivity contribution in [2.75, 3.05) is 33.8 Å². The molecule has 2 rings (SSSR count). The third-order valence-corrected chi connectivity index (χ3v) is 3.87. The topological polar surface area (TPSA) is 55.8 Å². The first-order chi connectivity index (χ1) is 10.1. The first kappa shape index (κ1) is 15.8. The zero-order valence-corrected chi connectivity index (χ0v) is 12.9. The minimum atomic E-state index is -0.0365. The summed E-state index contributed by atoms with van der Waals surface area (Å²) in [5.74, 6) is 0.233. The standard InChI is InChI=1S/C16H25N3O2/c1-18(2)11-15-6-4-3-5-14(15)9-17-16(21)19-8-7-13(10-19)12-20/h3-6,13,20H,7-12H2,1-2H3,(H,17,21)/t13-/m0/s1. The van der Waals surface area contributed by atoms with E-state index in [-0.39, 0.29) is 18.6 Å². The van der Waals surface area contributed by atoms with Gasteiger partial charge in [-0.05, 0) is 31.6 Å². The molecule has 5 nitrogen and oxygen atoms in total. The van der Waals surface area contributed by atoms with Gasteiger partial charge in [0.15, 0.2) is 0 Å². The van der Waals surface area contributed by atoms with Gasteiger partial charge in [0.05, 0.1) is 0 Å². The Balaban J connectivity index is 1.89. The molecular formula is C16H25N3O2. The number of carbonyl (C=O) groups excluding carboxylic acids is 1. The minimum Gasteiger partial charge on any atom is -0.396 e. The Kier molecular flexibility index (Phi) is 5.59. The van der Waals surface area contributed by atoms with Gasteiger partial charge < -0.3 is 20.2 Å². The number of amides is 2. The molecule has 2 N–H and O–H groups in total. The number of carbonyl (C=O) groups is 1. The summed E-state index contributed by atoms with van der Waals surface area (Å²) in [6.07, 6.45) is 0.890. The number of nitrogens with zero attached hydrogens (tertiary/aromatic N) is 2. The molecule has 1 aliphatic heterocycles. The molecule has 21 heavy (non-hydrogen) atoms. The van der Waals surface area contributed by atoms with Gasteiger partial charge in [-0.1, -0.05) is 24.3 Å². The quantitative estimate of drug-likeness (QED) is 0.859. The van der Waals surface area contributed by atoms with Gasteiger partial charge in [-0.25, -0.2) is 4.79 Å². The summed E-state index contributed by atoms with van der Waals surface area (Å²) < 4.78 is 0. The summed E-state index contributed by atoms with van der Waals surface area (Å²) in [4.78, 5) is 16.0. The van der Waals surface area contributed by atoms with Crippen LogP contribution in [0, 0.1) is 5.92 Å². The highest BCUT2D eigenvalue weighted by molar-refractivity contribution is 5.74. The van der Waals surface area contributed by atoms with Crippen LogP contribution in [0.15, 0.2) is 24.3 Å².